The van der Waals surface area contributed by atoms with Crippen molar-refractivity contribution < 1.29 is 23.8 Å². The van der Waals surface area contributed by atoms with Crippen LogP contribution in [0.5, 0.6) is 5.75 Å². The highest BCUT2D eigenvalue weighted by Gasteiger charge is 2.24. The van der Waals surface area contributed by atoms with Crippen molar-refractivity contribution in [3.8, 4) is 5.75 Å². The number of ether oxygens (including phenoxy) is 3. The van der Waals surface area contributed by atoms with E-state index < -0.39 is 12.1 Å². The molecule has 5 nitrogen and oxygen atoms in total. The number of hydrogen-bond acceptors (Lipinski definition) is 5. The lowest BCUT2D eigenvalue weighted by molar-refractivity contribution is -0.154. The van der Waals surface area contributed by atoms with E-state index in [1.165, 1.54) is 13.6 Å². The summed E-state index contributed by atoms with van der Waals surface area (Å²) in [6.45, 7) is 1.40. The third-order valence-corrected chi connectivity index (χ3v) is 3.02. The van der Waals surface area contributed by atoms with E-state index in [-0.39, 0.29) is 6.61 Å². The molecule has 0 N–H and O–H groups in total. The van der Waals surface area contributed by atoms with Crippen LogP contribution in [0.1, 0.15) is 17.2 Å². The Balaban J connectivity index is 2.05. The molecule has 2 aromatic rings. The van der Waals surface area contributed by atoms with Gasteiger partial charge in [-0.15, -0.1) is 0 Å². The molecule has 1 unspecified atom stereocenters. The molecule has 2 aromatic carbocycles. The Morgan fingerprint density at radius 2 is 1.77 bits per heavy atom. The fourth-order valence-electron chi connectivity index (χ4n) is 1.88. The molecular formula is C17H15O5. The highest BCUT2D eigenvalue weighted by molar-refractivity contribution is 5.77. The lowest BCUT2D eigenvalue weighted by Gasteiger charge is -2.14. The van der Waals surface area contributed by atoms with Crippen molar-refractivity contribution in [1.29, 1.82) is 0 Å². The third-order valence-electron chi connectivity index (χ3n) is 3.02. The normalized spacial score (nSPS) is 11.3. The van der Waals surface area contributed by atoms with E-state index >= 15 is 0 Å². The topological polar surface area (TPSA) is 61.8 Å². The minimum absolute atomic E-state index is 0.106. The van der Waals surface area contributed by atoms with Gasteiger partial charge in [-0.05, 0) is 17.7 Å². The van der Waals surface area contributed by atoms with E-state index in [9.17, 15) is 9.59 Å². The zero-order valence-electron chi connectivity index (χ0n) is 12.0. The van der Waals surface area contributed by atoms with E-state index in [4.69, 9.17) is 14.2 Å². The van der Waals surface area contributed by atoms with Crippen molar-refractivity contribution in [3.63, 3.8) is 0 Å². The van der Waals surface area contributed by atoms with Crippen molar-refractivity contribution >= 4 is 12.4 Å². The second-order valence-electron chi connectivity index (χ2n) is 4.45. The standard InChI is InChI=1S/C17H15O5/c1-20-15-9-7-14(8-10-15)16(22-12-18)17(19)21-11-13-5-3-2-4-6-13/h2-10,16H,11H2,1H3. The van der Waals surface area contributed by atoms with Gasteiger partial charge in [0.05, 0.1) is 7.11 Å². The van der Waals surface area contributed by atoms with E-state index in [0.717, 1.165) is 5.56 Å². The molecule has 0 aromatic heterocycles. The van der Waals surface area contributed by atoms with Crippen molar-refractivity contribution in [2.45, 2.75) is 12.7 Å². The molecule has 1 atom stereocenters. The number of methoxy groups -OCH3 is 1. The van der Waals surface area contributed by atoms with Gasteiger partial charge in [-0.2, -0.15) is 0 Å². The maximum atomic E-state index is 12.1. The van der Waals surface area contributed by atoms with Crippen LogP contribution < -0.4 is 4.74 Å². The summed E-state index contributed by atoms with van der Waals surface area (Å²) in [6.07, 6.45) is -1.15. The first-order valence-electron chi connectivity index (χ1n) is 6.62. The predicted octanol–water partition coefficient (Wildman–Crippen LogP) is 2.56. The van der Waals surface area contributed by atoms with E-state index in [0.29, 0.717) is 11.3 Å². The number of carbonyl (C=O) groups excluding carboxylic acids is 2. The summed E-state index contributed by atoms with van der Waals surface area (Å²) >= 11 is 0. The SMILES string of the molecule is COc1ccc(C(O[C]=O)C(=O)OCc2ccccc2)cc1. The summed E-state index contributed by atoms with van der Waals surface area (Å²) in [7, 11) is 1.54. The van der Waals surface area contributed by atoms with Gasteiger partial charge < -0.3 is 14.2 Å². The fourth-order valence-corrected chi connectivity index (χ4v) is 1.88. The first-order valence-corrected chi connectivity index (χ1v) is 6.62. The zero-order valence-corrected chi connectivity index (χ0v) is 12.0. The van der Waals surface area contributed by atoms with Crippen LogP contribution in [0.3, 0.4) is 0 Å². The van der Waals surface area contributed by atoms with E-state index in [1.807, 2.05) is 30.3 Å². The molecule has 0 aliphatic rings. The molecule has 0 amide bonds. The summed E-state index contributed by atoms with van der Waals surface area (Å²) < 4.78 is 15.0. The van der Waals surface area contributed by atoms with Crippen LogP contribution >= 0.6 is 0 Å². The molecule has 0 fully saturated rings. The Hall–Kier alpha value is -2.82. The average Bonchev–Trinajstić information content (AvgIpc) is 2.58. The lowest BCUT2D eigenvalue weighted by Crippen LogP contribution is -2.18. The quantitative estimate of drug-likeness (QED) is 0.735. The average molecular weight is 299 g/mol. The van der Waals surface area contributed by atoms with E-state index in [1.54, 1.807) is 24.3 Å². The monoisotopic (exact) mass is 299 g/mol. The minimum atomic E-state index is -1.15. The largest absolute Gasteiger partial charge is 0.497 e. The number of esters is 1. The Labute approximate surface area is 128 Å². The van der Waals surface area contributed by atoms with Gasteiger partial charge in [0.2, 0.25) is 6.10 Å². The number of hydrogen-bond donors (Lipinski definition) is 0. The summed E-state index contributed by atoms with van der Waals surface area (Å²) in [5.74, 6) is -0.0207. The summed E-state index contributed by atoms with van der Waals surface area (Å²) in [4.78, 5) is 22.6. The number of benzene rings is 2. The van der Waals surface area contributed by atoms with Gasteiger partial charge in [0.15, 0.2) is 0 Å². The van der Waals surface area contributed by atoms with Crippen LogP contribution in [-0.4, -0.2) is 19.6 Å². The van der Waals surface area contributed by atoms with Crippen LogP contribution in [0.4, 0.5) is 0 Å². The molecule has 1 radical (unpaired) electrons. The van der Waals surface area contributed by atoms with Gasteiger partial charge in [-0.3, -0.25) is 0 Å². The third kappa shape index (κ3) is 4.09. The Morgan fingerprint density at radius 3 is 2.36 bits per heavy atom. The van der Waals surface area contributed by atoms with Crippen LogP contribution in [0.2, 0.25) is 0 Å². The molecule has 2 rings (SSSR count). The molecule has 5 heteroatoms. The fraction of sp³-hybridized carbons (Fsp3) is 0.176. The zero-order chi connectivity index (χ0) is 15.8. The summed E-state index contributed by atoms with van der Waals surface area (Å²) in [5, 5.41) is 0. The predicted molar refractivity (Wildman–Crippen MR) is 78.8 cm³/mol. The Morgan fingerprint density at radius 1 is 1.09 bits per heavy atom. The van der Waals surface area contributed by atoms with Crippen molar-refractivity contribution in [3.05, 3.63) is 65.7 Å². The van der Waals surface area contributed by atoms with Crippen LogP contribution in [-0.2, 0) is 25.7 Å². The summed E-state index contributed by atoms with van der Waals surface area (Å²) in [6, 6.07) is 15.8. The molecule has 0 aliphatic carbocycles. The van der Waals surface area contributed by atoms with Crippen LogP contribution in [0, 0.1) is 0 Å². The molecule has 0 saturated carbocycles. The second-order valence-corrected chi connectivity index (χ2v) is 4.45. The van der Waals surface area contributed by atoms with Gasteiger partial charge in [0, 0.05) is 5.56 Å². The molecule has 0 aliphatic heterocycles. The van der Waals surface area contributed by atoms with Gasteiger partial charge >= 0.3 is 12.4 Å². The maximum absolute atomic E-state index is 12.1. The smallest absolute Gasteiger partial charge is 0.418 e. The Kier molecular flexibility index (Phi) is 5.54. The molecular weight excluding hydrogens is 284 g/mol. The number of rotatable bonds is 7. The first kappa shape index (κ1) is 15.6. The maximum Gasteiger partial charge on any atom is 0.418 e. The summed E-state index contributed by atoms with van der Waals surface area (Å²) in [5.41, 5.74) is 1.33. The molecule has 0 heterocycles. The van der Waals surface area contributed by atoms with Gasteiger partial charge in [-0.1, -0.05) is 42.5 Å². The molecule has 22 heavy (non-hydrogen) atoms. The van der Waals surface area contributed by atoms with Crippen LogP contribution in [0.25, 0.3) is 0 Å². The molecule has 113 valence electrons. The van der Waals surface area contributed by atoms with Crippen molar-refractivity contribution in [2.75, 3.05) is 7.11 Å². The van der Waals surface area contributed by atoms with Gasteiger partial charge in [0.25, 0.3) is 0 Å². The van der Waals surface area contributed by atoms with Crippen molar-refractivity contribution in [1.82, 2.24) is 0 Å². The highest BCUT2D eigenvalue weighted by Crippen LogP contribution is 2.22. The minimum Gasteiger partial charge on any atom is -0.497 e. The molecule has 0 bridgehead atoms. The number of carbonyl (C=O) groups is 1. The molecule has 0 spiro atoms. The highest BCUT2D eigenvalue weighted by atomic mass is 16.6. The first-order chi connectivity index (χ1) is 10.7. The van der Waals surface area contributed by atoms with Crippen LogP contribution in [0.15, 0.2) is 54.6 Å². The lowest BCUT2D eigenvalue weighted by atomic mass is 10.1. The van der Waals surface area contributed by atoms with Gasteiger partial charge in [0.1, 0.15) is 12.4 Å². The second kappa shape index (κ2) is 7.83. The Bertz CT molecular complexity index is 607. The van der Waals surface area contributed by atoms with Crippen molar-refractivity contribution in [2.24, 2.45) is 0 Å². The molecule has 0 saturated heterocycles. The van der Waals surface area contributed by atoms with Gasteiger partial charge in [-0.25, -0.2) is 9.59 Å². The van der Waals surface area contributed by atoms with E-state index in [2.05, 4.69) is 0 Å².